The van der Waals surface area contributed by atoms with Gasteiger partial charge in [0, 0.05) is 0 Å². The van der Waals surface area contributed by atoms with Gasteiger partial charge in [-0.3, -0.25) is 4.57 Å². The van der Waals surface area contributed by atoms with Crippen molar-refractivity contribution in [3.05, 3.63) is 35.4 Å². The maximum Gasteiger partial charge on any atom is 0.356 e. The molecule has 0 aliphatic heterocycles. The van der Waals surface area contributed by atoms with Crippen LogP contribution in [0.3, 0.4) is 0 Å². The molecular formula is C14H21O3P. The average molecular weight is 268 g/mol. The van der Waals surface area contributed by atoms with E-state index >= 15 is 0 Å². The zero-order valence-electron chi connectivity index (χ0n) is 11.4. The Balaban J connectivity index is 3.50. The van der Waals surface area contributed by atoms with Crippen molar-refractivity contribution < 1.29 is 14.4 Å². The Bertz CT molecular complexity index is 507. The molecule has 0 heterocycles. The molecule has 0 aliphatic rings. The zero-order valence-corrected chi connectivity index (χ0v) is 12.3. The van der Waals surface area contributed by atoms with Gasteiger partial charge in [0.2, 0.25) is 0 Å². The summed E-state index contributed by atoms with van der Waals surface area (Å²) in [7, 11) is -4.23. The summed E-state index contributed by atoms with van der Waals surface area (Å²) in [4.78, 5) is 18.9. The molecule has 1 aromatic rings. The van der Waals surface area contributed by atoms with E-state index in [2.05, 4.69) is 27.4 Å². The van der Waals surface area contributed by atoms with Crippen LogP contribution in [0.25, 0.3) is 6.08 Å². The van der Waals surface area contributed by atoms with Crippen molar-refractivity contribution in [1.82, 2.24) is 0 Å². The minimum atomic E-state index is -4.23. The summed E-state index contributed by atoms with van der Waals surface area (Å²) < 4.78 is 11.6. The van der Waals surface area contributed by atoms with Crippen LogP contribution in [0.5, 0.6) is 0 Å². The number of hydrogen-bond donors (Lipinski definition) is 2. The van der Waals surface area contributed by atoms with Gasteiger partial charge in [-0.2, -0.15) is 0 Å². The van der Waals surface area contributed by atoms with Crippen molar-refractivity contribution in [2.24, 2.45) is 5.41 Å². The molecule has 0 unspecified atom stereocenters. The van der Waals surface area contributed by atoms with Gasteiger partial charge >= 0.3 is 7.60 Å². The van der Waals surface area contributed by atoms with E-state index in [-0.39, 0.29) is 10.7 Å². The fourth-order valence-corrected chi connectivity index (χ4v) is 2.88. The van der Waals surface area contributed by atoms with Crippen molar-refractivity contribution in [3.63, 3.8) is 0 Å². The van der Waals surface area contributed by atoms with Crippen LogP contribution in [0.4, 0.5) is 0 Å². The van der Waals surface area contributed by atoms with E-state index in [1.54, 1.807) is 12.1 Å². The minimum Gasteiger partial charge on any atom is -0.321 e. The summed E-state index contributed by atoms with van der Waals surface area (Å²) in [6, 6.07) is 3.23. The normalized spacial score (nSPS) is 12.6. The van der Waals surface area contributed by atoms with Crippen molar-refractivity contribution in [1.29, 1.82) is 0 Å². The first-order valence-electron chi connectivity index (χ1n) is 5.87. The summed E-state index contributed by atoms with van der Waals surface area (Å²) in [5.74, 6) is 0. The van der Waals surface area contributed by atoms with Crippen molar-refractivity contribution in [3.8, 4) is 0 Å². The number of benzene rings is 1. The third kappa shape index (κ3) is 3.55. The maximum atomic E-state index is 11.6. The molecule has 4 heteroatoms. The fourth-order valence-electron chi connectivity index (χ4n) is 2.01. The van der Waals surface area contributed by atoms with Crippen LogP contribution in [0, 0.1) is 12.3 Å². The molecule has 3 nitrogen and oxygen atoms in total. The van der Waals surface area contributed by atoms with Gasteiger partial charge in [-0.1, -0.05) is 39.5 Å². The van der Waals surface area contributed by atoms with E-state index in [0.29, 0.717) is 6.42 Å². The standard InChI is InChI=1S/C14H21O3P/c1-6-11-7-8-13(18(15,16)17)12(10(11)2)9-14(3,4)5/h6-8H,1,9H2,2-5H3,(H2,15,16,17). The predicted molar refractivity (Wildman–Crippen MR) is 76.1 cm³/mol. The molecule has 0 atom stereocenters. The quantitative estimate of drug-likeness (QED) is 0.828. The molecule has 0 radical (unpaired) electrons. The highest BCUT2D eigenvalue weighted by atomic mass is 31.2. The summed E-state index contributed by atoms with van der Waals surface area (Å²) in [6.45, 7) is 11.8. The highest BCUT2D eigenvalue weighted by Crippen LogP contribution is 2.38. The Kier molecular flexibility index (Phi) is 4.22. The lowest BCUT2D eigenvalue weighted by Gasteiger charge is -2.23. The maximum absolute atomic E-state index is 11.6. The van der Waals surface area contributed by atoms with E-state index in [9.17, 15) is 14.4 Å². The molecule has 0 aromatic heterocycles. The zero-order chi connectivity index (χ0) is 14.1. The van der Waals surface area contributed by atoms with Crippen molar-refractivity contribution in [2.75, 3.05) is 0 Å². The Morgan fingerprint density at radius 1 is 1.33 bits per heavy atom. The summed E-state index contributed by atoms with van der Waals surface area (Å²) in [5, 5.41) is 0.139. The third-order valence-electron chi connectivity index (χ3n) is 2.86. The van der Waals surface area contributed by atoms with E-state index in [0.717, 1.165) is 16.7 Å². The molecule has 0 saturated heterocycles. The third-order valence-corrected chi connectivity index (χ3v) is 3.90. The van der Waals surface area contributed by atoms with Crippen LogP contribution in [0.1, 0.15) is 37.5 Å². The largest absolute Gasteiger partial charge is 0.356 e. The van der Waals surface area contributed by atoms with Gasteiger partial charge in [0.1, 0.15) is 0 Å². The second-order valence-corrected chi connectivity index (χ2v) is 7.33. The van der Waals surface area contributed by atoms with Crippen LogP contribution in [-0.2, 0) is 11.0 Å². The predicted octanol–water partition coefficient (Wildman–Crippen LogP) is 3.03. The Morgan fingerprint density at radius 3 is 2.28 bits per heavy atom. The van der Waals surface area contributed by atoms with E-state index in [1.165, 1.54) is 6.07 Å². The summed E-state index contributed by atoms with van der Waals surface area (Å²) in [5.41, 5.74) is 2.54. The number of rotatable bonds is 3. The van der Waals surface area contributed by atoms with Gasteiger partial charge < -0.3 is 9.79 Å². The lowest BCUT2D eigenvalue weighted by Crippen LogP contribution is -2.20. The van der Waals surface area contributed by atoms with Gasteiger partial charge in [-0.15, -0.1) is 0 Å². The second-order valence-electron chi connectivity index (χ2n) is 5.76. The van der Waals surface area contributed by atoms with Crippen LogP contribution >= 0.6 is 7.60 Å². The molecule has 1 aromatic carbocycles. The first-order valence-corrected chi connectivity index (χ1v) is 7.48. The van der Waals surface area contributed by atoms with Gasteiger partial charge in [0.05, 0.1) is 5.30 Å². The molecule has 0 spiro atoms. The second kappa shape index (κ2) is 5.00. The summed E-state index contributed by atoms with van der Waals surface area (Å²) >= 11 is 0. The van der Waals surface area contributed by atoms with Crippen molar-refractivity contribution >= 4 is 19.0 Å². The molecule has 100 valence electrons. The van der Waals surface area contributed by atoms with E-state index in [4.69, 9.17) is 0 Å². The summed E-state index contributed by atoms with van der Waals surface area (Å²) in [6.07, 6.45) is 2.34. The van der Waals surface area contributed by atoms with E-state index < -0.39 is 7.60 Å². The first kappa shape index (κ1) is 15.2. The SMILES string of the molecule is C=Cc1ccc(P(=O)(O)O)c(CC(C)(C)C)c1C. The lowest BCUT2D eigenvalue weighted by molar-refractivity contribution is 0.385. The number of hydrogen-bond acceptors (Lipinski definition) is 1. The first-order chi connectivity index (χ1) is 8.06. The lowest BCUT2D eigenvalue weighted by atomic mass is 9.85. The smallest absolute Gasteiger partial charge is 0.321 e. The monoisotopic (exact) mass is 268 g/mol. The van der Waals surface area contributed by atoms with Gasteiger partial charge in [0.25, 0.3) is 0 Å². The minimum absolute atomic E-state index is 0.0333. The highest BCUT2D eigenvalue weighted by Gasteiger charge is 2.26. The van der Waals surface area contributed by atoms with Gasteiger partial charge in [-0.25, -0.2) is 0 Å². The molecule has 2 N–H and O–H groups in total. The Morgan fingerprint density at radius 2 is 1.89 bits per heavy atom. The van der Waals surface area contributed by atoms with Gasteiger partial charge in [-0.05, 0) is 41.5 Å². The Hall–Kier alpha value is -0.890. The average Bonchev–Trinajstić information content (AvgIpc) is 2.17. The molecule has 0 saturated carbocycles. The molecule has 0 bridgehead atoms. The fraction of sp³-hybridized carbons (Fsp3) is 0.429. The molecule has 0 amide bonds. The van der Waals surface area contributed by atoms with Crippen LogP contribution < -0.4 is 5.30 Å². The molecular weight excluding hydrogens is 247 g/mol. The molecule has 18 heavy (non-hydrogen) atoms. The molecule has 0 aliphatic carbocycles. The van der Waals surface area contributed by atoms with E-state index in [1.807, 2.05) is 6.92 Å². The van der Waals surface area contributed by atoms with Crippen LogP contribution in [0.15, 0.2) is 18.7 Å². The van der Waals surface area contributed by atoms with Gasteiger partial charge in [0.15, 0.2) is 0 Å². The van der Waals surface area contributed by atoms with Crippen LogP contribution in [-0.4, -0.2) is 9.79 Å². The Labute approximate surface area is 109 Å². The topological polar surface area (TPSA) is 57.5 Å². The molecule has 0 fully saturated rings. The highest BCUT2D eigenvalue weighted by molar-refractivity contribution is 7.60. The van der Waals surface area contributed by atoms with Crippen molar-refractivity contribution in [2.45, 2.75) is 34.1 Å². The molecule has 1 rings (SSSR count). The van der Waals surface area contributed by atoms with Crippen LogP contribution in [0.2, 0.25) is 0 Å².